The lowest BCUT2D eigenvalue weighted by Gasteiger charge is -2.24. The molecule has 1 heterocycles. The van der Waals surface area contributed by atoms with Gasteiger partial charge in [0.25, 0.3) is 5.91 Å². The summed E-state index contributed by atoms with van der Waals surface area (Å²) in [4.78, 5) is 16.1. The van der Waals surface area contributed by atoms with Crippen LogP contribution in [-0.2, 0) is 9.84 Å². The first kappa shape index (κ1) is 23.2. The van der Waals surface area contributed by atoms with Gasteiger partial charge in [-0.1, -0.05) is 19.1 Å². The number of sulfone groups is 1. The average molecular weight is 455 g/mol. The summed E-state index contributed by atoms with van der Waals surface area (Å²) in [6.45, 7) is 1.75. The quantitative estimate of drug-likeness (QED) is 0.283. The fourth-order valence-electron chi connectivity index (χ4n) is 3.27. The van der Waals surface area contributed by atoms with E-state index in [0.717, 1.165) is 24.3 Å². The number of anilines is 1. The molecule has 166 valence electrons. The van der Waals surface area contributed by atoms with Gasteiger partial charge in [0.2, 0.25) is 9.84 Å². The number of nitrogens with two attached hydrogens (primary N) is 1. The Morgan fingerprint density at radius 1 is 1.06 bits per heavy atom. The van der Waals surface area contributed by atoms with Gasteiger partial charge in [-0.2, -0.15) is 0 Å². The Balaban J connectivity index is 1.77. The van der Waals surface area contributed by atoms with Crippen molar-refractivity contribution in [2.45, 2.75) is 24.3 Å². The number of nitrogens with zero attached hydrogens (tertiary/aromatic N) is 1. The van der Waals surface area contributed by atoms with Crippen molar-refractivity contribution in [3.8, 4) is 0 Å². The molecule has 3 rings (SSSR count). The minimum atomic E-state index is -4.11. The van der Waals surface area contributed by atoms with Crippen LogP contribution in [0.1, 0.15) is 35.3 Å². The Hall–Kier alpha value is -3.43. The van der Waals surface area contributed by atoms with E-state index in [0.29, 0.717) is 23.2 Å². The number of halogens is 1. The summed E-state index contributed by atoms with van der Waals surface area (Å²) in [5.41, 5.74) is 7.93. The second-order valence-electron chi connectivity index (χ2n) is 7.17. The summed E-state index contributed by atoms with van der Waals surface area (Å²) in [7, 11) is -4.11. The first-order valence-corrected chi connectivity index (χ1v) is 11.4. The molecule has 0 saturated carbocycles. The number of hydrogen-bond donors (Lipinski definition) is 3. The smallest absolute Gasteiger partial charge is 0.255 e. The zero-order valence-corrected chi connectivity index (χ0v) is 18.1. The fourth-order valence-corrected chi connectivity index (χ4v) is 4.73. The lowest BCUT2D eigenvalue weighted by molar-refractivity contribution is 0.102. The first-order valence-electron chi connectivity index (χ1n) is 9.90. The van der Waals surface area contributed by atoms with Gasteiger partial charge in [-0.15, -0.1) is 0 Å². The Morgan fingerprint density at radius 2 is 1.66 bits per heavy atom. The first-order chi connectivity index (χ1) is 15.2. The molecule has 2 unspecified atom stereocenters. The third-order valence-electron chi connectivity index (χ3n) is 5.12. The van der Waals surface area contributed by atoms with Gasteiger partial charge >= 0.3 is 0 Å². The number of pyridine rings is 1. The van der Waals surface area contributed by atoms with E-state index in [4.69, 9.17) is 11.1 Å². The molecule has 3 aromatic rings. The molecule has 0 saturated heterocycles. The number of amides is 1. The summed E-state index contributed by atoms with van der Waals surface area (Å²) >= 11 is 0. The second kappa shape index (κ2) is 9.80. The molecule has 7 nitrogen and oxygen atoms in total. The van der Waals surface area contributed by atoms with E-state index in [-0.39, 0.29) is 10.8 Å². The highest BCUT2D eigenvalue weighted by Crippen LogP contribution is 2.28. The second-order valence-corrected chi connectivity index (χ2v) is 9.09. The Labute approximate surface area is 185 Å². The van der Waals surface area contributed by atoms with E-state index in [9.17, 15) is 17.6 Å². The van der Waals surface area contributed by atoms with Gasteiger partial charge in [-0.3, -0.25) is 15.2 Å². The van der Waals surface area contributed by atoms with Crippen LogP contribution >= 0.6 is 0 Å². The summed E-state index contributed by atoms with van der Waals surface area (Å²) in [5, 5.41) is 10.5. The van der Waals surface area contributed by atoms with Gasteiger partial charge in [0.05, 0.1) is 4.90 Å². The van der Waals surface area contributed by atoms with E-state index in [1.54, 1.807) is 55.7 Å². The van der Waals surface area contributed by atoms with Crippen molar-refractivity contribution in [2.75, 3.05) is 5.32 Å². The molecule has 0 fully saturated rings. The zero-order valence-electron chi connectivity index (χ0n) is 17.3. The Morgan fingerprint density at radius 3 is 2.22 bits per heavy atom. The molecule has 0 aliphatic rings. The lowest BCUT2D eigenvalue weighted by Crippen LogP contribution is -2.32. The standard InChI is InChI=1S/C23H23FN4O3S/c1-2-20(22(26)32(30,31)19-9-7-17(24)8-10-19)21(25)15-3-5-16(6-4-15)23(29)28-18-11-13-27-14-12-18/h3-14,20-21,26H,2,25H2,1H3,(H,27,28,29). The Bertz CT molecular complexity index is 1200. The molecule has 0 spiro atoms. The van der Waals surface area contributed by atoms with Crippen molar-refractivity contribution in [1.29, 1.82) is 5.41 Å². The molecule has 2 atom stereocenters. The minimum absolute atomic E-state index is 0.155. The van der Waals surface area contributed by atoms with Crippen molar-refractivity contribution in [2.24, 2.45) is 11.7 Å². The van der Waals surface area contributed by atoms with Gasteiger partial charge < -0.3 is 11.1 Å². The van der Waals surface area contributed by atoms with E-state index >= 15 is 0 Å². The van der Waals surface area contributed by atoms with Crippen LogP contribution in [0.25, 0.3) is 0 Å². The van der Waals surface area contributed by atoms with Crippen LogP contribution in [0.3, 0.4) is 0 Å². The number of nitrogens with one attached hydrogen (secondary N) is 2. The number of rotatable bonds is 7. The molecule has 0 aliphatic heterocycles. The maximum atomic E-state index is 13.2. The van der Waals surface area contributed by atoms with Gasteiger partial charge in [0.15, 0.2) is 0 Å². The summed E-state index contributed by atoms with van der Waals surface area (Å²) in [6, 6.07) is 13.4. The number of carbonyl (C=O) groups is 1. The normalized spacial score (nSPS) is 13.2. The third kappa shape index (κ3) is 5.06. The molecule has 2 aromatic carbocycles. The average Bonchev–Trinajstić information content (AvgIpc) is 2.80. The van der Waals surface area contributed by atoms with E-state index in [2.05, 4.69) is 10.3 Å². The minimum Gasteiger partial charge on any atom is -0.323 e. The summed E-state index contributed by atoms with van der Waals surface area (Å²) < 4.78 is 38.8. The molecule has 32 heavy (non-hydrogen) atoms. The molecule has 0 aliphatic carbocycles. The predicted molar refractivity (Wildman–Crippen MR) is 121 cm³/mol. The molecule has 1 aromatic heterocycles. The van der Waals surface area contributed by atoms with Crippen LogP contribution in [0, 0.1) is 17.1 Å². The lowest BCUT2D eigenvalue weighted by atomic mass is 9.92. The zero-order chi connectivity index (χ0) is 23.3. The number of benzene rings is 2. The van der Waals surface area contributed by atoms with Gasteiger partial charge in [-0.05, 0) is 60.5 Å². The van der Waals surface area contributed by atoms with Crippen LogP contribution in [0.2, 0.25) is 0 Å². The van der Waals surface area contributed by atoms with Crippen LogP contribution in [0.15, 0.2) is 78.0 Å². The fraction of sp³-hybridized carbons (Fsp3) is 0.174. The van der Waals surface area contributed by atoms with E-state index < -0.39 is 32.7 Å². The number of hydrogen-bond acceptors (Lipinski definition) is 6. The molecule has 1 amide bonds. The maximum Gasteiger partial charge on any atom is 0.255 e. The Kier molecular flexibility index (Phi) is 7.12. The molecule has 0 radical (unpaired) electrons. The van der Waals surface area contributed by atoms with E-state index in [1.165, 1.54) is 0 Å². The van der Waals surface area contributed by atoms with Crippen LogP contribution < -0.4 is 11.1 Å². The molecular formula is C23H23FN4O3S. The van der Waals surface area contributed by atoms with E-state index in [1.807, 2.05) is 0 Å². The number of aromatic nitrogens is 1. The highest BCUT2D eigenvalue weighted by molar-refractivity contribution is 8.06. The SMILES string of the molecule is CCC(C(=N)S(=O)(=O)c1ccc(F)cc1)C(N)c1ccc(C(=O)Nc2ccncc2)cc1. The van der Waals surface area contributed by atoms with Crippen LogP contribution in [0.4, 0.5) is 10.1 Å². The van der Waals surface area contributed by atoms with Crippen molar-refractivity contribution >= 4 is 26.5 Å². The van der Waals surface area contributed by atoms with Crippen LogP contribution in [-0.4, -0.2) is 24.4 Å². The third-order valence-corrected chi connectivity index (χ3v) is 6.89. The van der Waals surface area contributed by atoms with Gasteiger partial charge in [0.1, 0.15) is 10.9 Å². The predicted octanol–water partition coefficient (Wildman–Crippen LogP) is 3.95. The highest BCUT2D eigenvalue weighted by Gasteiger charge is 2.32. The molecule has 0 bridgehead atoms. The van der Waals surface area contributed by atoms with Gasteiger partial charge in [0, 0.05) is 35.6 Å². The van der Waals surface area contributed by atoms with Crippen molar-refractivity contribution in [3.05, 3.63) is 90.0 Å². The summed E-state index contributed by atoms with van der Waals surface area (Å²) in [5.74, 6) is -1.66. The van der Waals surface area contributed by atoms with Gasteiger partial charge in [-0.25, -0.2) is 12.8 Å². The molecule has 4 N–H and O–H groups in total. The number of carbonyl (C=O) groups excluding carboxylic acids is 1. The van der Waals surface area contributed by atoms with Crippen molar-refractivity contribution < 1.29 is 17.6 Å². The topological polar surface area (TPSA) is 126 Å². The molecule has 9 heteroatoms. The van der Waals surface area contributed by atoms with Crippen molar-refractivity contribution in [3.63, 3.8) is 0 Å². The largest absolute Gasteiger partial charge is 0.323 e. The summed E-state index contributed by atoms with van der Waals surface area (Å²) in [6.07, 6.45) is 3.44. The highest BCUT2D eigenvalue weighted by atomic mass is 32.2. The van der Waals surface area contributed by atoms with Crippen molar-refractivity contribution in [1.82, 2.24) is 4.98 Å². The maximum absolute atomic E-state index is 13.2. The molecular weight excluding hydrogens is 431 g/mol. The van der Waals surface area contributed by atoms with Crippen LogP contribution in [0.5, 0.6) is 0 Å². The monoisotopic (exact) mass is 454 g/mol.